The Morgan fingerprint density at radius 3 is 2.58 bits per heavy atom. The number of hydrogen-bond donors (Lipinski definition) is 2. The summed E-state index contributed by atoms with van der Waals surface area (Å²) in [6, 6.07) is 14.2. The number of urea groups is 1. The Hall–Kier alpha value is -4.27. The molecule has 3 N–H and O–H groups in total. The lowest BCUT2D eigenvalue weighted by atomic mass is 9.77. The average molecular weight is 444 g/mol. The van der Waals surface area contributed by atoms with Gasteiger partial charge in [0.15, 0.2) is 11.5 Å². The van der Waals surface area contributed by atoms with Crippen molar-refractivity contribution < 1.29 is 23.8 Å². The fourth-order valence-corrected chi connectivity index (χ4v) is 4.77. The summed E-state index contributed by atoms with van der Waals surface area (Å²) < 4.78 is 17.5. The summed E-state index contributed by atoms with van der Waals surface area (Å²) in [6.45, 7) is 1.47. The third-order valence-corrected chi connectivity index (χ3v) is 6.23. The van der Waals surface area contributed by atoms with Crippen LogP contribution in [0, 0.1) is 0 Å². The van der Waals surface area contributed by atoms with Crippen LogP contribution in [-0.2, 0) is 16.8 Å². The quantitative estimate of drug-likeness (QED) is 0.642. The minimum absolute atomic E-state index is 0.0709. The highest BCUT2D eigenvalue weighted by Gasteiger charge is 2.57. The number of fused-ring (bicyclic) bond motifs is 5. The molecule has 0 radical (unpaired) electrons. The topological polar surface area (TPSA) is 116 Å². The number of hydrogen-bond acceptors (Lipinski definition) is 6. The maximum absolute atomic E-state index is 14.0. The van der Waals surface area contributed by atoms with Crippen LogP contribution in [0.5, 0.6) is 17.2 Å². The number of aromatic nitrogens is 1. The van der Waals surface area contributed by atoms with Gasteiger partial charge in [0.25, 0.3) is 0 Å². The van der Waals surface area contributed by atoms with Crippen LogP contribution in [0.4, 0.5) is 16.3 Å². The van der Waals surface area contributed by atoms with Crippen molar-refractivity contribution in [3.05, 3.63) is 71.4 Å². The Bertz CT molecular complexity index is 1290. The van der Waals surface area contributed by atoms with Crippen molar-refractivity contribution >= 4 is 23.4 Å². The molecule has 0 saturated heterocycles. The summed E-state index contributed by atoms with van der Waals surface area (Å²) >= 11 is 0. The molecule has 3 aliphatic rings. The van der Waals surface area contributed by atoms with E-state index in [2.05, 4.69) is 10.3 Å². The number of pyridine rings is 1. The molecule has 1 aromatic heterocycles. The van der Waals surface area contributed by atoms with Gasteiger partial charge in [-0.1, -0.05) is 24.3 Å². The molecule has 2 aromatic carbocycles. The number of amides is 3. The first-order valence-electron chi connectivity index (χ1n) is 10.6. The van der Waals surface area contributed by atoms with Crippen LogP contribution in [0.2, 0.25) is 0 Å². The smallest absolute Gasteiger partial charge is 0.317 e. The molecule has 6 rings (SSSR count). The third kappa shape index (κ3) is 2.89. The number of nitrogens with one attached hydrogen (secondary N) is 1. The molecular formula is C24H20N4O5. The second-order valence-corrected chi connectivity index (χ2v) is 8.14. The molecule has 0 saturated carbocycles. The number of carbonyl (C=O) groups excluding carboxylic acids is 2. The molecule has 9 heteroatoms. The van der Waals surface area contributed by atoms with E-state index in [1.54, 1.807) is 23.2 Å². The number of benzene rings is 2. The second-order valence-electron chi connectivity index (χ2n) is 8.14. The van der Waals surface area contributed by atoms with Crippen molar-refractivity contribution in [2.75, 3.05) is 30.0 Å². The molecule has 1 atom stereocenters. The molecule has 0 fully saturated rings. The van der Waals surface area contributed by atoms with Gasteiger partial charge in [-0.15, -0.1) is 0 Å². The lowest BCUT2D eigenvalue weighted by molar-refractivity contribution is -0.122. The van der Waals surface area contributed by atoms with Crippen LogP contribution in [0.1, 0.15) is 16.7 Å². The van der Waals surface area contributed by atoms with Crippen LogP contribution in [0.15, 0.2) is 54.7 Å². The van der Waals surface area contributed by atoms with E-state index in [1.165, 1.54) is 0 Å². The molecule has 0 aliphatic carbocycles. The number of nitrogens with two attached hydrogens (primary N) is 1. The number of ether oxygens (including phenoxy) is 3. The Morgan fingerprint density at radius 2 is 1.82 bits per heavy atom. The number of rotatable bonds is 3. The molecular weight excluding hydrogens is 424 g/mol. The Labute approximate surface area is 189 Å². The van der Waals surface area contributed by atoms with E-state index >= 15 is 0 Å². The SMILES string of the molecule is NC(=O)Nc1ccc(CN2C(=O)C3(COc4cc5c(cc43)OCCO5)c3ccccc32)cn1. The Morgan fingerprint density at radius 1 is 1.03 bits per heavy atom. The predicted molar refractivity (Wildman–Crippen MR) is 119 cm³/mol. The van der Waals surface area contributed by atoms with Crippen molar-refractivity contribution in [1.82, 2.24) is 4.98 Å². The van der Waals surface area contributed by atoms with Gasteiger partial charge in [0.05, 0.1) is 6.54 Å². The van der Waals surface area contributed by atoms with E-state index in [0.717, 1.165) is 22.4 Å². The van der Waals surface area contributed by atoms with Gasteiger partial charge in [0.1, 0.15) is 36.8 Å². The van der Waals surface area contributed by atoms with E-state index in [1.807, 2.05) is 36.4 Å². The van der Waals surface area contributed by atoms with Gasteiger partial charge in [-0.3, -0.25) is 10.1 Å². The first-order chi connectivity index (χ1) is 16.1. The fourth-order valence-electron chi connectivity index (χ4n) is 4.77. The van der Waals surface area contributed by atoms with Gasteiger partial charge in [-0.2, -0.15) is 0 Å². The van der Waals surface area contributed by atoms with Gasteiger partial charge in [-0.05, 0) is 29.3 Å². The van der Waals surface area contributed by atoms with Crippen LogP contribution < -0.4 is 30.2 Å². The third-order valence-electron chi connectivity index (χ3n) is 6.23. The van der Waals surface area contributed by atoms with Crippen LogP contribution in [0.25, 0.3) is 0 Å². The summed E-state index contributed by atoms with van der Waals surface area (Å²) in [7, 11) is 0. The van der Waals surface area contributed by atoms with Crippen molar-refractivity contribution in [1.29, 1.82) is 0 Å². The monoisotopic (exact) mass is 444 g/mol. The summed E-state index contributed by atoms with van der Waals surface area (Å²) in [5.41, 5.74) is 7.50. The van der Waals surface area contributed by atoms with Crippen molar-refractivity contribution in [2.45, 2.75) is 12.0 Å². The maximum Gasteiger partial charge on any atom is 0.317 e. The second kappa shape index (κ2) is 7.13. The molecule has 4 heterocycles. The molecule has 3 aliphatic heterocycles. The van der Waals surface area contributed by atoms with Crippen LogP contribution in [-0.4, -0.2) is 36.7 Å². The summed E-state index contributed by atoms with van der Waals surface area (Å²) in [4.78, 5) is 31.0. The lowest BCUT2D eigenvalue weighted by Gasteiger charge is -2.24. The zero-order valence-electron chi connectivity index (χ0n) is 17.5. The van der Waals surface area contributed by atoms with Crippen molar-refractivity contribution in [3.63, 3.8) is 0 Å². The fraction of sp³-hybridized carbons (Fsp3) is 0.208. The average Bonchev–Trinajstić information content (AvgIpc) is 3.31. The summed E-state index contributed by atoms with van der Waals surface area (Å²) in [6.07, 6.45) is 1.62. The van der Waals surface area contributed by atoms with Crippen LogP contribution in [0.3, 0.4) is 0 Å². The number of nitrogens with zero attached hydrogens (tertiary/aromatic N) is 2. The van der Waals surface area contributed by atoms with Crippen molar-refractivity contribution in [3.8, 4) is 17.2 Å². The largest absolute Gasteiger partial charge is 0.491 e. The minimum atomic E-state index is -0.956. The van der Waals surface area contributed by atoms with Crippen molar-refractivity contribution in [2.24, 2.45) is 5.73 Å². The molecule has 0 bridgehead atoms. The highest BCUT2D eigenvalue weighted by molar-refractivity contribution is 6.11. The van der Waals surface area contributed by atoms with Gasteiger partial charge in [0.2, 0.25) is 5.91 Å². The number of anilines is 2. The molecule has 3 aromatic rings. The highest BCUT2D eigenvalue weighted by atomic mass is 16.6. The standard InChI is InChI=1S/C24H20N4O5/c25-23(30)27-21-6-5-14(11-26-21)12-28-17-4-2-1-3-15(17)24(22(28)29)13-33-18-10-20-19(9-16(18)24)31-7-8-32-20/h1-6,9-11H,7-8,12-13H2,(H3,25,26,27,30). The predicted octanol–water partition coefficient (Wildman–Crippen LogP) is 2.57. The molecule has 3 amide bonds. The van der Waals surface area contributed by atoms with E-state index in [4.69, 9.17) is 19.9 Å². The molecule has 9 nitrogen and oxygen atoms in total. The maximum atomic E-state index is 14.0. The Kier molecular flexibility index (Phi) is 4.19. The van der Waals surface area contributed by atoms with E-state index in [0.29, 0.717) is 42.8 Å². The summed E-state index contributed by atoms with van der Waals surface area (Å²) in [5.74, 6) is 2.16. The zero-order chi connectivity index (χ0) is 22.6. The molecule has 166 valence electrons. The Balaban J connectivity index is 1.40. The highest BCUT2D eigenvalue weighted by Crippen LogP contribution is 2.54. The number of primary amides is 1. The van der Waals surface area contributed by atoms with Gasteiger partial charge in [-0.25, -0.2) is 9.78 Å². The van der Waals surface area contributed by atoms with E-state index in [9.17, 15) is 9.59 Å². The normalized spacial score (nSPS) is 19.8. The number of carbonyl (C=O) groups is 2. The number of para-hydroxylation sites is 1. The summed E-state index contributed by atoms with van der Waals surface area (Å²) in [5, 5.41) is 2.43. The minimum Gasteiger partial charge on any atom is -0.491 e. The van der Waals surface area contributed by atoms with Gasteiger partial charge in [0, 0.05) is 23.5 Å². The zero-order valence-corrected chi connectivity index (χ0v) is 17.5. The van der Waals surface area contributed by atoms with E-state index in [-0.39, 0.29) is 12.5 Å². The van der Waals surface area contributed by atoms with Gasteiger partial charge >= 0.3 is 6.03 Å². The van der Waals surface area contributed by atoms with Gasteiger partial charge < -0.3 is 24.8 Å². The van der Waals surface area contributed by atoms with E-state index < -0.39 is 11.4 Å². The van der Waals surface area contributed by atoms with Crippen LogP contribution >= 0.6 is 0 Å². The molecule has 1 unspecified atom stereocenters. The first kappa shape index (κ1) is 19.4. The lowest BCUT2D eigenvalue weighted by Crippen LogP contribution is -2.42. The first-order valence-corrected chi connectivity index (χ1v) is 10.6. The molecule has 1 spiro atoms. The molecule has 33 heavy (non-hydrogen) atoms.